The van der Waals surface area contributed by atoms with E-state index in [2.05, 4.69) is 27.2 Å². The second kappa shape index (κ2) is 15.1. The average molecular weight is 690 g/mol. The Morgan fingerprint density at radius 2 is 1.78 bits per heavy atom. The predicted octanol–water partition coefficient (Wildman–Crippen LogP) is 5.58. The average Bonchev–Trinajstić information content (AvgIpc) is 3.69. The third kappa shape index (κ3) is 7.62. The minimum Gasteiger partial charge on any atom is -0.497 e. The van der Waals surface area contributed by atoms with E-state index in [-0.39, 0.29) is 24.8 Å². The normalized spacial score (nSPS) is 25.6. The lowest BCUT2D eigenvalue weighted by Crippen LogP contribution is -2.57. The fraction of sp³-hybridized carbons (Fsp3) is 0.350. The van der Waals surface area contributed by atoms with Crippen LogP contribution in [0.1, 0.15) is 44.9 Å². The maximum absolute atomic E-state index is 14.6. The molecule has 0 radical (unpaired) electrons. The van der Waals surface area contributed by atoms with Gasteiger partial charge in [-0.1, -0.05) is 67.5 Å². The minimum absolute atomic E-state index is 0.178. The van der Waals surface area contributed by atoms with Crippen molar-refractivity contribution in [2.24, 2.45) is 5.92 Å². The van der Waals surface area contributed by atoms with E-state index in [1.807, 2.05) is 78.9 Å². The molecule has 1 saturated carbocycles. The van der Waals surface area contributed by atoms with E-state index in [4.69, 9.17) is 14.3 Å². The monoisotopic (exact) mass is 689 g/mol. The van der Waals surface area contributed by atoms with Gasteiger partial charge in [-0.05, 0) is 67.5 Å². The summed E-state index contributed by atoms with van der Waals surface area (Å²) in [4.78, 5) is 54.5. The van der Waals surface area contributed by atoms with Crippen molar-refractivity contribution in [1.82, 2.24) is 20.7 Å². The molecule has 1 saturated heterocycles. The number of para-hydroxylation sites is 1. The van der Waals surface area contributed by atoms with Gasteiger partial charge in [0.05, 0.1) is 13.7 Å². The highest BCUT2D eigenvalue weighted by Gasteiger charge is 2.61. The summed E-state index contributed by atoms with van der Waals surface area (Å²) in [5.74, 6) is 0.307. The summed E-state index contributed by atoms with van der Waals surface area (Å²) in [5.41, 5.74) is 2.10. The van der Waals surface area contributed by atoms with Crippen LogP contribution in [0.15, 0.2) is 103 Å². The van der Waals surface area contributed by atoms with Gasteiger partial charge in [0.25, 0.3) is 5.91 Å². The molecule has 3 aromatic carbocycles. The molecule has 3 amide bonds. The molecule has 1 aromatic heterocycles. The second-order valence-corrected chi connectivity index (χ2v) is 13.4. The number of anilines is 1. The quantitative estimate of drug-likeness (QED) is 0.162. The highest BCUT2D eigenvalue weighted by molar-refractivity contribution is 5.98. The van der Waals surface area contributed by atoms with Crippen LogP contribution < -0.4 is 30.4 Å². The van der Waals surface area contributed by atoms with Gasteiger partial charge in [-0.15, -0.1) is 0 Å². The summed E-state index contributed by atoms with van der Waals surface area (Å²) in [6.45, 7) is 0.178. The Balaban J connectivity index is 1.18. The Bertz CT molecular complexity index is 1900. The van der Waals surface area contributed by atoms with E-state index < -0.39 is 35.5 Å². The van der Waals surface area contributed by atoms with Crippen molar-refractivity contribution in [2.75, 3.05) is 19.0 Å². The first-order chi connectivity index (χ1) is 24.9. The van der Waals surface area contributed by atoms with Gasteiger partial charge >= 0.3 is 0 Å². The Hall–Kier alpha value is -5.58. The molecule has 1 aliphatic carbocycles. The fourth-order valence-corrected chi connectivity index (χ4v) is 7.11. The highest BCUT2D eigenvalue weighted by atomic mass is 16.7. The zero-order valence-electron chi connectivity index (χ0n) is 28.6. The lowest BCUT2D eigenvalue weighted by molar-refractivity contribution is -0.141. The van der Waals surface area contributed by atoms with Gasteiger partial charge in [0.2, 0.25) is 17.7 Å². The molecule has 2 fully saturated rings. The first kappa shape index (κ1) is 33.9. The Morgan fingerprint density at radius 3 is 2.65 bits per heavy atom. The van der Waals surface area contributed by atoms with Gasteiger partial charge in [-0.3, -0.25) is 14.4 Å². The minimum atomic E-state index is -1.22. The van der Waals surface area contributed by atoms with Crippen molar-refractivity contribution in [3.63, 3.8) is 0 Å². The summed E-state index contributed by atoms with van der Waals surface area (Å²) < 4.78 is 11.9. The zero-order valence-corrected chi connectivity index (χ0v) is 28.6. The van der Waals surface area contributed by atoms with Crippen LogP contribution in [0, 0.1) is 5.92 Å². The van der Waals surface area contributed by atoms with Crippen LogP contribution in [0.4, 0.5) is 5.69 Å². The van der Waals surface area contributed by atoms with Crippen molar-refractivity contribution in [3.05, 3.63) is 103 Å². The molecular formula is C40H43N5O6. The van der Waals surface area contributed by atoms with Crippen LogP contribution in [-0.4, -0.2) is 65.0 Å². The van der Waals surface area contributed by atoms with Crippen LogP contribution in [-0.2, 0) is 14.4 Å². The number of ether oxygens (including phenoxy) is 2. The smallest absolute Gasteiger partial charge is 0.278 e. The first-order valence-corrected chi connectivity index (χ1v) is 17.7. The number of nitrogens with one attached hydrogen (secondary N) is 3. The Morgan fingerprint density at radius 1 is 0.961 bits per heavy atom. The maximum atomic E-state index is 14.6. The van der Waals surface area contributed by atoms with Gasteiger partial charge in [0, 0.05) is 35.7 Å². The number of pyridine rings is 1. The number of hydroxylamine groups is 1. The molecule has 3 N–H and O–H groups in total. The number of methoxy groups -OCH3 is 1. The fourth-order valence-electron chi connectivity index (χ4n) is 7.11. The summed E-state index contributed by atoms with van der Waals surface area (Å²) in [6.07, 6.45) is 10.0. The highest BCUT2D eigenvalue weighted by Crippen LogP contribution is 2.45. The summed E-state index contributed by atoms with van der Waals surface area (Å²) in [6, 6.07) is 24.6. The molecule has 11 nitrogen and oxygen atoms in total. The topological polar surface area (TPSA) is 131 Å². The molecule has 0 spiro atoms. The van der Waals surface area contributed by atoms with Crippen molar-refractivity contribution in [3.8, 4) is 17.4 Å². The van der Waals surface area contributed by atoms with E-state index in [1.54, 1.807) is 30.3 Å². The van der Waals surface area contributed by atoms with Crippen molar-refractivity contribution < 1.29 is 28.7 Å². The largest absolute Gasteiger partial charge is 0.497 e. The molecule has 2 aliphatic heterocycles. The predicted molar refractivity (Wildman–Crippen MR) is 193 cm³/mol. The molecule has 5 atom stereocenters. The number of benzene rings is 3. The molecule has 4 aromatic rings. The number of fused-ring (bicyclic) bond motifs is 3. The third-order valence-electron chi connectivity index (χ3n) is 9.98. The molecule has 7 rings (SSSR count). The van der Waals surface area contributed by atoms with Crippen molar-refractivity contribution in [2.45, 2.75) is 68.7 Å². The number of hydrogen-bond donors (Lipinski definition) is 3. The summed E-state index contributed by atoms with van der Waals surface area (Å²) in [7, 11) is 1.60. The van der Waals surface area contributed by atoms with E-state index in [1.165, 1.54) is 0 Å². The molecule has 264 valence electrons. The van der Waals surface area contributed by atoms with Gasteiger partial charge in [0.15, 0.2) is 5.75 Å². The van der Waals surface area contributed by atoms with E-state index in [9.17, 15) is 14.4 Å². The number of amides is 3. The first-order valence-electron chi connectivity index (χ1n) is 17.7. The number of nitrogens with zero attached hydrogens (tertiary/aromatic N) is 2. The number of carbonyl (C=O) groups is 3. The number of hydrogen-bond acceptors (Lipinski definition) is 8. The molecule has 11 heteroatoms. The number of allylic oxidation sites excluding steroid dienone is 1. The third-order valence-corrected chi connectivity index (χ3v) is 9.98. The van der Waals surface area contributed by atoms with Crippen molar-refractivity contribution >= 4 is 34.2 Å². The standard InChI is InChI=1S/C40H43N5O6/c1-49-31-18-12-15-29(23-31)42-34-20-9-4-2-3-6-14-28-25-40(28,39(48)44-51-30-16-7-5-8-17-30)43-36(46)35-24-32(26-45(35)38(34)47)50-37-33-19-11-10-13-27(33)21-22-41-37/h5-8,10-19,21-23,28,32,34-35,42H,2-4,9,20,24-26H2,1H3,(H,43,46)(H,44,48)/b14-6-/t28-,32-,34+,35+,40-/m1/s1. The number of carbonyl (C=O) groups excluding carboxylic acids is 3. The second-order valence-electron chi connectivity index (χ2n) is 13.4. The lowest BCUT2D eigenvalue weighted by atomic mass is 10.0. The van der Waals surface area contributed by atoms with E-state index in [0.29, 0.717) is 30.2 Å². The van der Waals surface area contributed by atoms with Crippen LogP contribution >= 0.6 is 0 Å². The van der Waals surface area contributed by atoms with Crippen molar-refractivity contribution in [1.29, 1.82) is 0 Å². The van der Waals surface area contributed by atoms with Crippen LogP contribution in [0.5, 0.6) is 17.4 Å². The van der Waals surface area contributed by atoms with Crippen LogP contribution in [0.3, 0.4) is 0 Å². The van der Waals surface area contributed by atoms with E-state index in [0.717, 1.165) is 42.1 Å². The van der Waals surface area contributed by atoms with Gasteiger partial charge in [-0.25, -0.2) is 4.98 Å². The summed E-state index contributed by atoms with van der Waals surface area (Å²) >= 11 is 0. The molecule has 0 unspecified atom stereocenters. The molecule has 0 bridgehead atoms. The van der Waals surface area contributed by atoms with Crippen LogP contribution in [0.2, 0.25) is 0 Å². The molecule has 51 heavy (non-hydrogen) atoms. The van der Waals surface area contributed by atoms with Crippen LogP contribution in [0.25, 0.3) is 10.8 Å². The number of rotatable bonds is 8. The van der Waals surface area contributed by atoms with Gasteiger partial charge < -0.3 is 29.8 Å². The Kier molecular flexibility index (Phi) is 10.0. The molecule has 3 aliphatic rings. The zero-order chi connectivity index (χ0) is 35.2. The Labute approximate surface area is 297 Å². The van der Waals surface area contributed by atoms with E-state index >= 15 is 0 Å². The number of aromatic nitrogens is 1. The molecule has 3 heterocycles. The molecular weight excluding hydrogens is 646 g/mol. The summed E-state index contributed by atoms with van der Waals surface area (Å²) in [5, 5.41) is 8.34. The van der Waals surface area contributed by atoms with Gasteiger partial charge in [0.1, 0.15) is 29.5 Å². The SMILES string of the molecule is COc1cccc(N[C@H]2CCCCC/C=C\[C@@H]3C[C@@]3(C(=O)NOc3ccccc3)NC(=O)[C@@H]3C[C@@H](Oc4nccc5ccccc45)CN3C2=O)c1. The van der Waals surface area contributed by atoms with Gasteiger partial charge in [-0.2, -0.15) is 5.48 Å². The maximum Gasteiger partial charge on any atom is 0.278 e. The lowest BCUT2D eigenvalue weighted by Gasteiger charge is -2.30.